The first-order chi connectivity index (χ1) is 18.0. The third-order valence-corrected chi connectivity index (χ3v) is 6.87. The number of ether oxygens (including phenoxy) is 1. The van der Waals surface area contributed by atoms with Gasteiger partial charge in [0.25, 0.3) is 17.7 Å². The number of aromatic nitrogens is 2. The molecule has 0 atom stereocenters. The third-order valence-electron chi connectivity index (χ3n) is 5.64. The molecule has 2 N–H and O–H groups in total. The summed E-state index contributed by atoms with van der Waals surface area (Å²) >= 11 is 7.12. The van der Waals surface area contributed by atoms with Crippen LogP contribution in [0.15, 0.2) is 65.4 Å². The lowest BCUT2D eigenvalue weighted by Crippen LogP contribution is -2.41. The Morgan fingerprint density at radius 2 is 1.92 bits per heavy atom. The predicted octanol–water partition coefficient (Wildman–Crippen LogP) is 4.00. The summed E-state index contributed by atoms with van der Waals surface area (Å²) in [7, 11) is 0. The fourth-order valence-electron chi connectivity index (χ4n) is 3.83. The van der Waals surface area contributed by atoms with Crippen molar-refractivity contribution in [3.63, 3.8) is 0 Å². The molecule has 2 aromatic carbocycles. The molecule has 3 amide bonds. The van der Waals surface area contributed by atoms with E-state index in [1.54, 1.807) is 59.5 Å². The Morgan fingerprint density at radius 1 is 1.08 bits per heavy atom. The van der Waals surface area contributed by atoms with Crippen LogP contribution in [0.25, 0.3) is 11.5 Å². The van der Waals surface area contributed by atoms with Crippen LogP contribution in [0.4, 0.5) is 11.4 Å². The van der Waals surface area contributed by atoms with Crippen molar-refractivity contribution in [1.29, 1.82) is 0 Å². The van der Waals surface area contributed by atoms with Gasteiger partial charge in [-0.25, -0.2) is 0 Å². The van der Waals surface area contributed by atoms with E-state index in [2.05, 4.69) is 20.8 Å². The number of amides is 3. The molecule has 37 heavy (non-hydrogen) atoms. The highest BCUT2D eigenvalue weighted by molar-refractivity contribution is 7.18. The first-order valence-electron chi connectivity index (χ1n) is 11.2. The molecule has 0 radical (unpaired) electrons. The fourth-order valence-corrected chi connectivity index (χ4v) is 4.79. The van der Waals surface area contributed by atoms with E-state index in [1.807, 2.05) is 0 Å². The highest BCUT2D eigenvalue weighted by Gasteiger charge is 2.21. The fraction of sp³-hybridized carbons (Fsp3) is 0.160. The number of anilines is 2. The lowest BCUT2D eigenvalue weighted by molar-refractivity contribution is -0.125. The topological polar surface area (TPSA) is 127 Å². The van der Waals surface area contributed by atoms with E-state index < -0.39 is 0 Å². The van der Waals surface area contributed by atoms with Crippen LogP contribution in [-0.4, -0.2) is 47.7 Å². The van der Waals surface area contributed by atoms with Crippen molar-refractivity contribution in [2.24, 2.45) is 0 Å². The van der Waals surface area contributed by atoms with Crippen LogP contribution in [0.1, 0.15) is 25.6 Å². The summed E-state index contributed by atoms with van der Waals surface area (Å²) in [4.78, 5) is 40.0. The zero-order valence-electron chi connectivity index (χ0n) is 19.3. The number of rotatable bonds is 7. The number of morpholine rings is 1. The van der Waals surface area contributed by atoms with Crippen LogP contribution >= 0.6 is 22.9 Å². The number of benzene rings is 2. The molecule has 2 aromatic heterocycles. The summed E-state index contributed by atoms with van der Waals surface area (Å²) in [6.07, 6.45) is 1.20. The molecular formula is C25H20ClN5O5S. The third kappa shape index (κ3) is 5.53. The molecule has 0 bridgehead atoms. The van der Waals surface area contributed by atoms with Crippen molar-refractivity contribution in [1.82, 2.24) is 15.5 Å². The van der Waals surface area contributed by atoms with Crippen LogP contribution in [0.3, 0.4) is 0 Å². The van der Waals surface area contributed by atoms with Crippen molar-refractivity contribution >= 4 is 52.0 Å². The van der Waals surface area contributed by atoms with Crippen LogP contribution in [0, 0.1) is 0 Å². The number of nitrogens with zero attached hydrogens (tertiary/aromatic N) is 3. The van der Waals surface area contributed by atoms with Gasteiger partial charge in [-0.2, -0.15) is 0 Å². The molecule has 1 saturated heterocycles. The number of hydrogen-bond acceptors (Lipinski definition) is 8. The first kappa shape index (κ1) is 24.6. The summed E-state index contributed by atoms with van der Waals surface area (Å²) in [6.45, 7) is 1.07. The Bertz CT molecular complexity index is 1440. The molecule has 3 heterocycles. The minimum Gasteiger partial charge on any atom is -0.423 e. The normalized spacial score (nSPS) is 13.4. The quantitative estimate of drug-likeness (QED) is 0.365. The summed E-state index contributed by atoms with van der Waals surface area (Å²) in [5.74, 6) is -0.585. The van der Waals surface area contributed by atoms with Crippen LogP contribution < -0.4 is 15.5 Å². The van der Waals surface area contributed by atoms with Gasteiger partial charge in [-0.05, 0) is 48.0 Å². The second kappa shape index (κ2) is 10.9. The van der Waals surface area contributed by atoms with Crippen molar-refractivity contribution in [3.05, 3.63) is 81.3 Å². The number of carbonyl (C=O) groups is 3. The van der Waals surface area contributed by atoms with Crippen molar-refractivity contribution < 1.29 is 23.5 Å². The molecule has 5 rings (SSSR count). The smallest absolute Gasteiger partial charge is 0.261 e. The van der Waals surface area contributed by atoms with Gasteiger partial charge in [-0.15, -0.1) is 21.5 Å². The largest absolute Gasteiger partial charge is 0.423 e. The Balaban J connectivity index is 1.38. The number of para-hydroxylation sites is 1. The molecule has 12 heteroatoms. The second-order valence-corrected chi connectivity index (χ2v) is 9.68. The van der Waals surface area contributed by atoms with Crippen molar-refractivity contribution in [3.8, 4) is 11.5 Å². The maximum Gasteiger partial charge on any atom is 0.261 e. The first-order valence-corrected chi connectivity index (χ1v) is 12.4. The van der Waals surface area contributed by atoms with E-state index in [4.69, 9.17) is 20.8 Å². The van der Waals surface area contributed by atoms with Gasteiger partial charge in [0.2, 0.25) is 12.3 Å². The molecular weight excluding hydrogens is 518 g/mol. The molecule has 0 aliphatic carbocycles. The van der Waals surface area contributed by atoms with Gasteiger partial charge in [0.15, 0.2) is 0 Å². The maximum absolute atomic E-state index is 13.2. The zero-order valence-corrected chi connectivity index (χ0v) is 20.8. The van der Waals surface area contributed by atoms with E-state index >= 15 is 0 Å². The highest BCUT2D eigenvalue weighted by Crippen LogP contribution is 2.31. The molecule has 1 aliphatic heterocycles. The molecule has 4 aromatic rings. The number of halogens is 1. The Hall–Kier alpha value is -4.06. The predicted molar refractivity (Wildman–Crippen MR) is 138 cm³/mol. The summed E-state index contributed by atoms with van der Waals surface area (Å²) < 4.78 is 11.1. The molecule has 0 spiro atoms. The molecule has 1 fully saturated rings. The lowest BCUT2D eigenvalue weighted by atomic mass is 10.1. The van der Waals surface area contributed by atoms with Gasteiger partial charge in [0, 0.05) is 24.3 Å². The minimum atomic E-state index is -0.385. The standard InChI is InChI=1S/C25H20ClN5O5S/c26-20-9-8-19(37-20)24(34)27-12-16-2-1-3-18(25-30-28-14-36-25)22(16)29-23(33)15-4-6-17(7-5-15)31-10-11-35-13-21(31)32/h1-9,14H,10-13H2,(H,27,34)(H,29,33). The van der Waals surface area contributed by atoms with E-state index in [0.29, 0.717) is 50.4 Å². The maximum atomic E-state index is 13.2. The molecule has 0 saturated carbocycles. The molecule has 188 valence electrons. The van der Waals surface area contributed by atoms with E-state index in [1.165, 1.54) is 17.7 Å². The van der Waals surface area contributed by atoms with Crippen LogP contribution in [-0.2, 0) is 16.1 Å². The van der Waals surface area contributed by atoms with Gasteiger partial charge in [-0.3, -0.25) is 14.4 Å². The average Bonchev–Trinajstić information content (AvgIpc) is 3.60. The highest BCUT2D eigenvalue weighted by atomic mass is 35.5. The van der Waals surface area contributed by atoms with Gasteiger partial charge in [0.1, 0.15) is 6.61 Å². The monoisotopic (exact) mass is 537 g/mol. The SMILES string of the molecule is O=C(Nc1c(CNC(=O)c2ccc(Cl)s2)cccc1-c1nnco1)c1ccc(N2CCOCC2=O)cc1. The second-order valence-electron chi connectivity index (χ2n) is 7.97. The lowest BCUT2D eigenvalue weighted by Gasteiger charge is -2.26. The Labute approximate surface area is 220 Å². The molecule has 10 nitrogen and oxygen atoms in total. The van der Waals surface area contributed by atoms with Gasteiger partial charge >= 0.3 is 0 Å². The number of carbonyl (C=O) groups excluding carboxylic acids is 3. The van der Waals surface area contributed by atoms with Crippen molar-refractivity contribution in [2.45, 2.75) is 6.54 Å². The Kier molecular flexibility index (Phi) is 7.26. The van der Waals surface area contributed by atoms with E-state index in [-0.39, 0.29) is 36.8 Å². The number of thiophene rings is 1. The Morgan fingerprint density at radius 3 is 2.62 bits per heavy atom. The van der Waals surface area contributed by atoms with E-state index in [9.17, 15) is 14.4 Å². The van der Waals surface area contributed by atoms with Crippen LogP contribution in [0.5, 0.6) is 0 Å². The zero-order chi connectivity index (χ0) is 25.8. The van der Waals surface area contributed by atoms with Gasteiger partial charge < -0.3 is 24.7 Å². The molecule has 1 aliphatic rings. The van der Waals surface area contributed by atoms with Crippen LogP contribution in [0.2, 0.25) is 4.34 Å². The number of hydrogen-bond donors (Lipinski definition) is 2. The summed E-state index contributed by atoms with van der Waals surface area (Å²) in [6, 6.07) is 15.3. The molecule has 0 unspecified atom stereocenters. The van der Waals surface area contributed by atoms with Gasteiger partial charge in [0.05, 0.1) is 27.1 Å². The van der Waals surface area contributed by atoms with Gasteiger partial charge in [-0.1, -0.05) is 23.7 Å². The minimum absolute atomic E-state index is 0.0353. The van der Waals surface area contributed by atoms with E-state index in [0.717, 1.165) is 0 Å². The number of nitrogens with one attached hydrogen (secondary N) is 2. The average molecular weight is 538 g/mol. The van der Waals surface area contributed by atoms with Crippen molar-refractivity contribution in [2.75, 3.05) is 30.0 Å². The summed E-state index contributed by atoms with van der Waals surface area (Å²) in [5, 5.41) is 13.5. The summed E-state index contributed by atoms with van der Waals surface area (Å²) in [5.41, 5.74) is 2.64.